The van der Waals surface area contributed by atoms with Crippen LogP contribution in [0.25, 0.3) is 0 Å². The number of carbonyl (C=O) groups excluding carboxylic acids is 2. The highest BCUT2D eigenvalue weighted by Gasteiger charge is 2.33. The first kappa shape index (κ1) is 24.3. The van der Waals surface area contributed by atoms with E-state index in [-0.39, 0.29) is 34.9 Å². The number of aldehydes is 1. The molecule has 0 aliphatic heterocycles. The summed E-state index contributed by atoms with van der Waals surface area (Å²) in [7, 11) is 1.50. The lowest BCUT2D eigenvalue weighted by molar-refractivity contribution is -0.131. The molecule has 0 radical (unpaired) electrons. The van der Waals surface area contributed by atoms with Crippen LogP contribution >= 0.6 is 11.6 Å². The Labute approximate surface area is 176 Å². The summed E-state index contributed by atoms with van der Waals surface area (Å²) in [5.74, 6) is -0.753. The Morgan fingerprint density at radius 1 is 1.24 bits per heavy atom. The van der Waals surface area contributed by atoms with E-state index in [1.54, 1.807) is 6.07 Å². The Hall–Kier alpha value is -2.76. The zero-order valence-corrected chi connectivity index (χ0v) is 17.2. The lowest BCUT2D eigenvalue weighted by atomic mass is 10.1. The summed E-state index contributed by atoms with van der Waals surface area (Å²) < 4.78 is 13.9. The molecule has 3 rings (SSSR count). The third kappa shape index (κ3) is 6.66. The maximum atomic E-state index is 13.9. The minimum Gasteiger partial charge on any atom is -0.333 e. The molecule has 0 aromatic heterocycles. The Bertz CT molecular complexity index is 814. The Morgan fingerprint density at radius 3 is 2.28 bits per heavy atom. The fourth-order valence-corrected chi connectivity index (χ4v) is 3.25. The van der Waals surface area contributed by atoms with E-state index in [0.29, 0.717) is 30.3 Å². The predicted octanol–water partition coefficient (Wildman–Crippen LogP) is 4.50. The third-order valence-corrected chi connectivity index (χ3v) is 4.54. The predicted molar refractivity (Wildman–Crippen MR) is 116 cm³/mol. The average Bonchev–Trinajstić information content (AvgIpc) is 3.18. The van der Waals surface area contributed by atoms with Gasteiger partial charge in [-0.1, -0.05) is 67.2 Å². The van der Waals surface area contributed by atoms with Crippen molar-refractivity contribution in [3.05, 3.63) is 95.3 Å². The van der Waals surface area contributed by atoms with Crippen LogP contribution in [0.1, 0.15) is 23.6 Å². The van der Waals surface area contributed by atoms with Crippen molar-refractivity contribution in [1.82, 2.24) is 4.90 Å². The van der Waals surface area contributed by atoms with E-state index in [9.17, 15) is 14.0 Å². The third-order valence-electron chi connectivity index (χ3n) is 4.32. The Balaban J connectivity index is 0.000000442. The number of nitrogens with two attached hydrogens (primary N) is 1. The maximum absolute atomic E-state index is 13.9. The molecule has 29 heavy (non-hydrogen) atoms. The molecule has 1 amide bonds. The number of halogens is 2. The van der Waals surface area contributed by atoms with Crippen molar-refractivity contribution in [3.63, 3.8) is 0 Å². The van der Waals surface area contributed by atoms with Crippen LogP contribution in [0.3, 0.4) is 0 Å². The molecule has 0 spiro atoms. The van der Waals surface area contributed by atoms with Crippen LogP contribution < -0.4 is 5.73 Å². The van der Waals surface area contributed by atoms with E-state index in [1.807, 2.05) is 36.4 Å². The van der Waals surface area contributed by atoms with Crippen molar-refractivity contribution in [2.45, 2.75) is 18.9 Å². The number of nitrogens with zero attached hydrogens (tertiary/aromatic N) is 1. The van der Waals surface area contributed by atoms with E-state index < -0.39 is 0 Å². The molecule has 0 fully saturated rings. The number of carbonyl (C=O) groups is 2. The fourth-order valence-electron chi connectivity index (χ4n) is 3.03. The van der Waals surface area contributed by atoms with Gasteiger partial charge in [-0.05, 0) is 43.1 Å². The highest BCUT2D eigenvalue weighted by Crippen LogP contribution is 2.39. The van der Waals surface area contributed by atoms with E-state index in [1.165, 1.54) is 24.1 Å². The smallest absolute Gasteiger partial charge is 0.254 e. The van der Waals surface area contributed by atoms with Crippen LogP contribution in [0, 0.1) is 5.82 Å². The molecule has 0 heterocycles. The molecule has 0 saturated carbocycles. The van der Waals surface area contributed by atoms with Gasteiger partial charge in [0.15, 0.2) is 0 Å². The lowest BCUT2D eigenvalue weighted by Gasteiger charge is -2.28. The lowest BCUT2D eigenvalue weighted by Crippen LogP contribution is -2.36. The summed E-state index contributed by atoms with van der Waals surface area (Å²) in [4.78, 5) is 24.6. The van der Waals surface area contributed by atoms with Gasteiger partial charge in [0, 0.05) is 10.6 Å². The molecular weight excluding hydrogens is 391 g/mol. The Morgan fingerprint density at radius 2 is 1.79 bits per heavy atom. The zero-order chi connectivity index (χ0) is 21.8. The molecule has 2 aromatic rings. The van der Waals surface area contributed by atoms with Gasteiger partial charge in [0.25, 0.3) is 5.91 Å². The highest BCUT2D eigenvalue weighted by atomic mass is 35.5. The van der Waals surface area contributed by atoms with Crippen LogP contribution in [0.5, 0.6) is 0 Å². The second-order valence-electron chi connectivity index (χ2n) is 6.02. The average molecular weight is 417 g/mol. The van der Waals surface area contributed by atoms with Gasteiger partial charge in [-0.2, -0.15) is 0 Å². The van der Waals surface area contributed by atoms with E-state index >= 15 is 0 Å². The van der Waals surface area contributed by atoms with Gasteiger partial charge >= 0.3 is 0 Å². The molecule has 6 heteroatoms. The quantitative estimate of drug-likeness (QED) is 0.443. The second-order valence-corrected chi connectivity index (χ2v) is 6.45. The van der Waals surface area contributed by atoms with Gasteiger partial charge in [-0.3, -0.25) is 4.79 Å². The standard InChI is InChI=1S/C16H15ClFNO2.C6H6.CH5N/c1-3-10(2)16(21)19(6-7-20)15-5-4-12-13(15)8-11(17)9-14(12)18;1-2-4-6-5-3-1;1-2/h3,7-9,15H,1-2,4-6H2;1-6H;2H2,1H3. The monoisotopic (exact) mass is 416 g/mol. The van der Waals surface area contributed by atoms with Crippen molar-refractivity contribution >= 4 is 23.8 Å². The van der Waals surface area contributed by atoms with E-state index in [4.69, 9.17) is 11.6 Å². The van der Waals surface area contributed by atoms with Crippen molar-refractivity contribution in [1.29, 1.82) is 0 Å². The number of hydrogen-bond acceptors (Lipinski definition) is 3. The first-order valence-corrected chi connectivity index (χ1v) is 9.49. The van der Waals surface area contributed by atoms with Crippen LogP contribution in [0.4, 0.5) is 4.39 Å². The molecule has 4 nitrogen and oxygen atoms in total. The van der Waals surface area contributed by atoms with Gasteiger partial charge in [0.1, 0.15) is 12.1 Å². The molecule has 1 aliphatic carbocycles. The molecule has 0 bridgehead atoms. The van der Waals surface area contributed by atoms with E-state index in [0.717, 1.165) is 0 Å². The van der Waals surface area contributed by atoms with Gasteiger partial charge in [0.05, 0.1) is 12.6 Å². The topological polar surface area (TPSA) is 63.4 Å². The first-order valence-electron chi connectivity index (χ1n) is 9.11. The van der Waals surface area contributed by atoms with Gasteiger partial charge in [-0.15, -0.1) is 0 Å². The van der Waals surface area contributed by atoms with Crippen molar-refractivity contribution in [2.75, 3.05) is 13.6 Å². The van der Waals surface area contributed by atoms with Crippen molar-refractivity contribution in [2.24, 2.45) is 5.73 Å². The molecule has 154 valence electrons. The number of fused-ring (bicyclic) bond motifs is 1. The number of rotatable bonds is 5. The largest absolute Gasteiger partial charge is 0.333 e. The van der Waals surface area contributed by atoms with Crippen LogP contribution in [-0.4, -0.2) is 30.7 Å². The van der Waals surface area contributed by atoms with Gasteiger partial charge in [-0.25, -0.2) is 4.39 Å². The molecular formula is C23H26ClFN2O2. The number of benzene rings is 2. The number of hydrogen-bond donors (Lipinski definition) is 1. The Kier molecular flexibility index (Phi) is 10.6. The number of amides is 1. The molecule has 1 unspecified atom stereocenters. The van der Waals surface area contributed by atoms with Gasteiger partial charge in [0.2, 0.25) is 0 Å². The minimum absolute atomic E-state index is 0.0794. The van der Waals surface area contributed by atoms with Crippen molar-refractivity contribution < 1.29 is 14.0 Å². The summed E-state index contributed by atoms with van der Waals surface area (Å²) in [6.45, 7) is 7.04. The van der Waals surface area contributed by atoms with Crippen molar-refractivity contribution in [3.8, 4) is 0 Å². The molecule has 2 aromatic carbocycles. The van der Waals surface area contributed by atoms with Crippen LogP contribution in [0.15, 0.2) is 73.3 Å². The highest BCUT2D eigenvalue weighted by molar-refractivity contribution is 6.30. The summed E-state index contributed by atoms with van der Waals surface area (Å²) in [5.41, 5.74) is 5.91. The minimum atomic E-state index is -0.379. The summed E-state index contributed by atoms with van der Waals surface area (Å²) >= 11 is 5.90. The zero-order valence-electron chi connectivity index (χ0n) is 16.5. The summed E-state index contributed by atoms with van der Waals surface area (Å²) in [6, 6.07) is 14.5. The molecule has 2 N–H and O–H groups in total. The van der Waals surface area contributed by atoms with Crippen LogP contribution in [0.2, 0.25) is 5.02 Å². The SMILES string of the molecule is C=CC(=C)C(=O)N(CC=O)C1CCc2c(F)cc(Cl)cc21.CN.c1ccccc1. The summed E-state index contributed by atoms with van der Waals surface area (Å²) in [5, 5.41) is 0.277. The van der Waals surface area contributed by atoms with Gasteiger partial charge < -0.3 is 15.4 Å². The molecule has 1 atom stereocenters. The van der Waals surface area contributed by atoms with Crippen LogP contribution in [-0.2, 0) is 16.0 Å². The molecule has 1 aliphatic rings. The maximum Gasteiger partial charge on any atom is 0.254 e. The van der Waals surface area contributed by atoms with E-state index in [2.05, 4.69) is 18.9 Å². The normalized spacial score (nSPS) is 13.6. The molecule has 0 saturated heterocycles. The fraction of sp³-hybridized carbons (Fsp3) is 0.217. The first-order chi connectivity index (χ1) is 14.0. The summed E-state index contributed by atoms with van der Waals surface area (Å²) in [6.07, 6.45) is 3.05. The second kappa shape index (κ2) is 12.6.